The SMILES string of the molecule is CN1CCNCC1C(=O)c1ccc2c(c1)CCO2. The van der Waals surface area contributed by atoms with Gasteiger partial charge in [-0.2, -0.15) is 0 Å². The Balaban J connectivity index is 1.83. The van der Waals surface area contributed by atoms with Crippen LogP contribution in [0, 0.1) is 0 Å². The van der Waals surface area contributed by atoms with E-state index in [0.717, 1.165) is 49.5 Å². The van der Waals surface area contributed by atoms with E-state index in [1.54, 1.807) is 0 Å². The summed E-state index contributed by atoms with van der Waals surface area (Å²) in [6, 6.07) is 5.76. The van der Waals surface area contributed by atoms with Gasteiger partial charge in [-0.25, -0.2) is 0 Å². The molecule has 1 aromatic rings. The third-order valence-corrected chi connectivity index (χ3v) is 3.79. The van der Waals surface area contributed by atoms with E-state index >= 15 is 0 Å². The molecule has 4 heteroatoms. The zero-order valence-corrected chi connectivity index (χ0v) is 10.6. The van der Waals surface area contributed by atoms with Crippen LogP contribution in [0.5, 0.6) is 5.75 Å². The first-order chi connectivity index (χ1) is 8.75. The van der Waals surface area contributed by atoms with E-state index in [2.05, 4.69) is 10.2 Å². The van der Waals surface area contributed by atoms with Gasteiger partial charge in [-0.05, 0) is 30.8 Å². The quantitative estimate of drug-likeness (QED) is 0.780. The fourth-order valence-electron chi connectivity index (χ4n) is 2.63. The zero-order valence-electron chi connectivity index (χ0n) is 10.6. The molecule has 0 saturated carbocycles. The number of likely N-dealkylation sites (N-methyl/N-ethyl adjacent to an activating group) is 1. The summed E-state index contributed by atoms with van der Waals surface area (Å²) in [5.74, 6) is 1.14. The second-order valence-electron chi connectivity index (χ2n) is 4.99. The highest BCUT2D eigenvalue weighted by molar-refractivity contribution is 6.00. The van der Waals surface area contributed by atoms with Crippen molar-refractivity contribution in [3.8, 4) is 5.75 Å². The number of ether oxygens (including phenoxy) is 1. The van der Waals surface area contributed by atoms with Crippen molar-refractivity contribution >= 4 is 5.78 Å². The molecule has 0 aromatic heterocycles. The van der Waals surface area contributed by atoms with Gasteiger partial charge in [0.1, 0.15) is 5.75 Å². The molecule has 1 fully saturated rings. The molecule has 2 aliphatic rings. The molecule has 0 radical (unpaired) electrons. The lowest BCUT2D eigenvalue weighted by Gasteiger charge is -2.31. The summed E-state index contributed by atoms with van der Waals surface area (Å²) < 4.78 is 5.47. The number of piperazine rings is 1. The maximum Gasteiger partial charge on any atom is 0.181 e. The van der Waals surface area contributed by atoms with Gasteiger partial charge in [-0.15, -0.1) is 0 Å². The number of nitrogens with zero attached hydrogens (tertiary/aromatic N) is 1. The van der Waals surface area contributed by atoms with Gasteiger partial charge in [-0.1, -0.05) is 0 Å². The van der Waals surface area contributed by atoms with Crippen molar-refractivity contribution in [3.63, 3.8) is 0 Å². The minimum absolute atomic E-state index is 0.0425. The van der Waals surface area contributed by atoms with E-state index in [-0.39, 0.29) is 11.8 Å². The second kappa shape index (κ2) is 4.71. The molecule has 18 heavy (non-hydrogen) atoms. The zero-order chi connectivity index (χ0) is 12.5. The van der Waals surface area contributed by atoms with E-state index in [0.29, 0.717) is 0 Å². The molecule has 0 bridgehead atoms. The maximum atomic E-state index is 12.5. The Hall–Kier alpha value is -1.39. The van der Waals surface area contributed by atoms with E-state index in [4.69, 9.17) is 4.74 Å². The largest absolute Gasteiger partial charge is 0.493 e. The molecule has 0 amide bonds. The molecule has 4 nitrogen and oxygen atoms in total. The van der Waals surface area contributed by atoms with Crippen LogP contribution in [-0.2, 0) is 6.42 Å². The highest BCUT2D eigenvalue weighted by atomic mass is 16.5. The molecule has 0 spiro atoms. The average molecular weight is 246 g/mol. The van der Waals surface area contributed by atoms with Crippen molar-refractivity contribution in [2.75, 3.05) is 33.3 Å². The fraction of sp³-hybridized carbons (Fsp3) is 0.500. The lowest BCUT2D eigenvalue weighted by Crippen LogP contribution is -2.53. The van der Waals surface area contributed by atoms with Gasteiger partial charge >= 0.3 is 0 Å². The lowest BCUT2D eigenvalue weighted by molar-refractivity contribution is 0.0819. The predicted molar refractivity (Wildman–Crippen MR) is 69.3 cm³/mol. The molecular formula is C14H18N2O2. The Kier molecular flexibility index (Phi) is 3.06. The summed E-state index contributed by atoms with van der Waals surface area (Å²) in [4.78, 5) is 14.6. The van der Waals surface area contributed by atoms with Crippen LogP contribution in [0.1, 0.15) is 15.9 Å². The number of nitrogens with one attached hydrogen (secondary N) is 1. The third kappa shape index (κ3) is 2.02. The number of carbonyl (C=O) groups excluding carboxylic acids is 1. The van der Waals surface area contributed by atoms with Gasteiger partial charge < -0.3 is 10.1 Å². The first-order valence-electron chi connectivity index (χ1n) is 6.46. The molecule has 1 N–H and O–H groups in total. The first kappa shape index (κ1) is 11.7. The normalized spacial score (nSPS) is 23.5. The van der Waals surface area contributed by atoms with E-state index < -0.39 is 0 Å². The highest BCUT2D eigenvalue weighted by Crippen LogP contribution is 2.26. The van der Waals surface area contributed by atoms with Crippen LogP contribution < -0.4 is 10.1 Å². The van der Waals surface area contributed by atoms with Gasteiger partial charge in [-0.3, -0.25) is 9.69 Å². The van der Waals surface area contributed by atoms with Crippen molar-refractivity contribution in [2.24, 2.45) is 0 Å². The highest BCUT2D eigenvalue weighted by Gasteiger charge is 2.27. The van der Waals surface area contributed by atoms with Crippen LogP contribution in [0.25, 0.3) is 0 Å². The predicted octanol–water partition coefficient (Wildman–Crippen LogP) is 0.708. The smallest absolute Gasteiger partial charge is 0.181 e. The van der Waals surface area contributed by atoms with Crippen LogP contribution in [0.15, 0.2) is 18.2 Å². The van der Waals surface area contributed by atoms with Crippen molar-refractivity contribution in [1.82, 2.24) is 10.2 Å². The van der Waals surface area contributed by atoms with Gasteiger partial charge in [0.2, 0.25) is 0 Å². The van der Waals surface area contributed by atoms with E-state index in [1.807, 2.05) is 25.2 Å². The van der Waals surface area contributed by atoms with E-state index in [1.165, 1.54) is 0 Å². The molecular weight excluding hydrogens is 228 g/mol. The Morgan fingerprint density at radius 1 is 1.50 bits per heavy atom. The minimum Gasteiger partial charge on any atom is -0.493 e. The van der Waals surface area contributed by atoms with Crippen LogP contribution in [0.2, 0.25) is 0 Å². The fourth-order valence-corrected chi connectivity index (χ4v) is 2.63. The standard InChI is InChI=1S/C14H18N2O2/c1-16-6-5-15-9-12(16)14(17)11-2-3-13-10(8-11)4-7-18-13/h2-3,8,12,15H,4-7,9H2,1H3. The number of hydrogen-bond acceptors (Lipinski definition) is 4. The van der Waals surface area contributed by atoms with Crippen molar-refractivity contribution < 1.29 is 9.53 Å². The summed E-state index contributed by atoms with van der Waals surface area (Å²) in [5.41, 5.74) is 1.96. The van der Waals surface area contributed by atoms with Crippen molar-refractivity contribution in [2.45, 2.75) is 12.5 Å². The first-order valence-corrected chi connectivity index (χ1v) is 6.46. The Bertz CT molecular complexity index is 473. The number of rotatable bonds is 2. The van der Waals surface area contributed by atoms with Crippen LogP contribution in [-0.4, -0.2) is 50.0 Å². The second-order valence-corrected chi connectivity index (χ2v) is 4.99. The number of fused-ring (bicyclic) bond motifs is 1. The summed E-state index contributed by atoms with van der Waals surface area (Å²) >= 11 is 0. The number of benzene rings is 1. The van der Waals surface area contributed by atoms with Crippen molar-refractivity contribution in [1.29, 1.82) is 0 Å². The molecule has 1 saturated heterocycles. The monoisotopic (exact) mass is 246 g/mol. The molecule has 1 unspecified atom stereocenters. The topological polar surface area (TPSA) is 41.6 Å². The Morgan fingerprint density at radius 2 is 2.39 bits per heavy atom. The summed E-state index contributed by atoms with van der Waals surface area (Å²) in [6.45, 7) is 3.35. The van der Waals surface area contributed by atoms with E-state index in [9.17, 15) is 4.79 Å². The van der Waals surface area contributed by atoms with Gasteiger partial charge in [0.25, 0.3) is 0 Å². The average Bonchev–Trinajstić information content (AvgIpc) is 2.85. The maximum absolute atomic E-state index is 12.5. The lowest BCUT2D eigenvalue weighted by atomic mass is 9.99. The number of Topliss-reactive ketones (excluding diaryl/α,β-unsaturated/α-hetero) is 1. The summed E-state index contributed by atoms with van der Waals surface area (Å²) in [5, 5.41) is 3.28. The van der Waals surface area contributed by atoms with Gasteiger partial charge in [0.05, 0.1) is 12.6 Å². The number of carbonyl (C=O) groups is 1. The summed E-state index contributed by atoms with van der Waals surface area (Å²) in [7, 11) is 2.01. The number of ketones is 1. The molecule has 1 aromatic carbocycles. The Labute approximate surface area is 107 Å². The Morgan fingerprint density at radius 3 is 3.22 bits per heavy atom. The van der Waals surface area contributed by atoms with Crippen LogP contribution in [0.3, 0.4) is 0 Å². The van der Waals surface area contributed by atoms with Gasteiger partial charge in [0, 0.05) is 31.6 Å². The number of hydrogen-bond donors (Lipinski definition) is 1. The summed E-state index contributed by atoms with van der Waals surface area (Å²) in [6.07, 6.45) is 0.912. The molecule has 2 heterocycles. The molecule has 3 rings (SSSR count). The molecule has 2 aliphatic heterocycles. The molecule has 0 aliphatic carbocycles. The molecule has 96 valence electrons. The van der Waals surface area contributed by atoms with Crippen LogP contribution >= 0.6 is 0 Å². The third-order valence-electron chi connectivity index (χ3n) is 3.79. The van der Waals surface area contributed by atoms with Crippen LogP contribution in [0.4, 0.5) is 0 Å². The minimum atomic E-state index is -0.0425. The van der Waals surface area contributed by atoms with Crippen molar-refractivity contribution in [3.05, 3.63) is 29.3 Å². The molecule has 1 atom stereocenters. The van der Waals surface area contributed by atoms with Gasteiger partial charge in [0.15, 0.2) is 5.78 Å².